The van der Waals surface area contributed by atoms with Crippen LogP contribution in [0.3, 0.4) is 0 Å². The first-order valence-corrected chi connectivity index (χ1v) is 5.84. The van der Waals surface area contributed by atoms with Crippen LogP contribution in [0.5, 0.6) is 0 Å². The maximum absolute atomic E-state index is 13.6. The van der Waals surface area contributed by atoms with Crippen molar-refractivity contribution < 1.29 is 24.1 Å². The minimum absolute atomic E-state index is 0.0254. The molecule has 0 aromatic heterocycles. The number of hydrogen-bond acceptors (Lipinski definition) is 4. The largest absolute Gasteiger partial charge is 0.478 e. The van der Waals surface area contributed by atoms with E-state index in [4.69, 9.17) is 9.84 Å². The molecule has 5 nitrogen and oxygen atoms in total. The molecule has 0 aliphatic heterocycles. The Bertz CT molecular complexity index is 448. The first kappa shape index (κ1) is 15.4. The Morgan fingerprint density at radius 2 is 2.21 bits per heavy atom. The fourth-order valence-electron chi connectivity index (χ4n) is 1.57. The standard InChI is InChI=1S/C13H18FNO4/c1-13(18,6-7-19-2)8-15-11-9(12(16)17)4-3-5-10(11)14/h3-5,15,18H,6-8H2,1-2H3,(H,16,17). The van der Waals surface area contributed by atoms with Crippen molar-refractivity contribution in [2.24, 2.45) is 0 Å². The van der Waals surface area contributed by atoms with E-state index in [0.717, 1.165) is 0 Å². The summed E-state index contributed by atoms with van der Waals surface area (Å²) in [5.74, 6) is -1.89. The first-order chi connectivity index (χ1) is 8.87. The van der Waals surface area contributed by atoms with Crippen LogP contribution in [-0.2, 0) is 4.74 Å². The minimum atomic E-state index is -1.22. The van der Waals surface area contributed by atoms with Crippen LogP contribution < -0.4 is 5.32 Å². The van der Waals surface area contributed by atoms with Gasteiger partial charge >= 0.3 is 5.97 Å². The number of halogens is 1. The topological polar surface area (TPSA) is 78.8 Å². The molecule has 0 fully saturated rings. The highest BCUT2D eigenvalue weighted by atomic mass is 19.1. The van der Waals surface area contributed by atoms with Gasteiger partial charge in [0.15, 0.2) is 0 Å². The lowest BCUT2D eigenvalue weighted by Crippen LogP contribution is -2.35. The van der Waals surface area contributed by atoms with E-state index in [1.54, 1.807) is 6.92 Å². The van der Waals surface area contributed by atoms with Gasteiger partial charge in [0, 0.05) is 26.7 Å². The molecule has 0 spiro atoms. The number of nitrogens with one attached hydrogen (secondary N) is 1. The average molecular weight is 271 g/mol. The van der Waals surface area contributed by atoms with Gasteiger partial charge in [-0.05, 0) is 19.1 Å². The molecule has 3 N–H and O–H groups in total. The maximum atomic E-state index is 13.6. The number of benzene rings is 1. The number of aliphatic hydroxyl groups is 1. The van der Waals surface area contributed by atoms with E-state index in [0.29, 0.717) is 13.0 Å². The van der Waals surface area contributed by atoms with E-state index < -0.39 is 17.4 Å². The van der Waals surface area contributed by atoms with E-state index >= 15 is 0 Å². The lowest BCUT2D eigenvalue weighted by Gasteiger charge is -2.24. The predicted octanol–water partition coefficient (Wildman–Crippen LogP) is 1.72. The lowest BCUT2D eigenvalue weighted by molar-refractivity contribution is 0.0356. The van der Waals surface area contributed by atoms with Gasteiger partial charge in [-0.25, -0.2) is 9.18 Å². The Morgan fingerprint density at radius 3 is 2.79 bits per heavy atom. The normalized spacial score (nSPS) is 13.9. The summed E-state index contributed by atoms with van der Waals surface area (Å²) >= 11 is 0. The Kier molecular flexibility index (Phi) is 5.26. The lowest BCUT2D eigenvalue weighted by atomic mass is 10.0. The quantitative estimate of drug-likeness (QED) is 0.703. The number of carboxylic acids is 1. The van der Waals surface area contributed by atoms with E-state index in [-0.39, 0.29) is 17.8 Å². The molecule has 0 saturated heterocycles. The molecule has 6 heteroatoms. The molecule has 0 saturated carbocycles. The second-order valence-corrected chi connectivity index (χ2v) is 4.56. The number of hydrogen-bond donors (Lipinski definition) is 3. The summed E-state index contributed by atoms with van der Waals surface area (Å²) in [5, 5.41) is 21.6. The van der Waals surface area contributed by atoms with Gasteiger partial charge < -0.3 is 20.3 Å². The molecule has 1 aromatic rings. The molecule has 1 atom stereocenters. The fourth-order valence-corrected chi connectivity index (χ4v) is 1.57. The maximum Gasteiger partial charge on any atom is 0.337 e. The number of methoxy groups -OCH3 is 1. The Morgan fingerprint density at radius 1 is 1.53 bits per heavy atom. The predicted molar refractivity (Wildman–Crippen MR) is 69.0 cm³/mol. The van der Waals surface area contributed by atoms with Crippen LogP contribution in [0.25, 0.3) is 0 Å². The van der Waals surface area contributed by atoms with Crippen molar-refractivity contribution in [1.29, 1.82) is 0 Å². The second kappa shape index (κ2) is 6.49. The molecular formula is C13H18FNO4. The number of rotatable bonds is 7. The molecule has 0 heterocycles. The van der Waals surface area contributed by atoms with Crippen molar-refractivity contribution in [2.75, 3.05) is 25.6 Å². The Hall–Kier alpha value is -1.66. The summed E-state index contributed by atoms with van der Waals surface area (Å²) in [6, 6.07) is 3.79. The molecular weight excluding hydrogens is 253 g/mol. The van der Waals surface area contributed by atoms with Gasteiger partial charge in [0.2, 0.25) is 0 Å². The van der Waals surface area contributed by atoms with Crippen molar-refractivity contribution in [3.63, 3.8) is 0 Å². The van der Waals surface area contributed by atoms with E-state index in [1.807, 2.05) is 0 Å². The number of carbonyl (C=O) groups is 1. The van der Waals surface area contributed by atoms with Gasteiger partial charge in [-0.2, -0.15) is 0 Å². The third kappa shape index (κ3) is 4.50. The molecule has 1 aromatic carbocycles. The highest BCUT2D eigenvalue weighted by molar-refractivity contribution is 5.94. The van der Waals surface area contributed by atoms with E-state index in [1.165, 1.54) is 25.3 Å². The third-order valence-electron chi connectivity index (χ3n) is 2.73. The molecule has 19 heavy (non-hydrogen) atoms. The monoisotopic (exact) mass is 271 g/mol. The van der Waals surface area contributed by atoms with Gasteiger partial charge in [0.05, 0.1) is 16.9 Å². The summed E-state index contributed by atoms with van der Waals surface area (Å²) in [4.78, 5) is 11.0. The molecule has 106 valence electrons. The SMILES string of the molecule is COCCC(C)(O)CNc1c(F)cccc1C(=O)O. The minimum Gasteiger partial charge on any atom is -0.478 e. The zero-order valence-corrected chi connectivity index (χ0v) is 10.9. The van der Waals surface area contributed by atoms with Crippen LogP contribution in [0.1, 0.15) is 23.7 Å². The van der Waals surface area contributed by atoms with Crippen LogP contribution in [-0.4, -0.2) is 42.0 Å². The Labute approximate surface area is 111 Å². The Balaban J connectivity index is 2.80. The number of carboxylic acid groups (broad SMARTS) is 1. The number of ether oxygens (including phenoxy) is 1. The van der Waals surface area contributed by atoms with Crippen molar-refractivity contribution >= 4 is 11.7 Å². The molecule has 0 aliphatic rings. The molecule has 0 aliphatic carbocycles. The summed E-state index contributed by atoms with van der Waals surface area (Å²) < 4.78 is 18.5. The molecule has 0 amide bonds. The summed E-state index contributed by atoms with van der Waals surface area (Å²) in [6.07, 6.45) is 0.355. The van der Waals surface area contributed by atoms with Gasteiger partial charge in [-0.1, -0.05) is 6.07 Å². The van der Waals surface area contributed by atoms with Crippen LogP contribution >= 0.6 is 0 Å². The second-order valence-electron chi connectivity index (χ2n) is 4.56. The smallest absolute Gasteiger partial charge is 0.337 e. The fraction of sp³-hybridized carbons (Fsp3) is 0.462. The number of para-hydroxylation sites is 1. The van der Waals surface area contributed by atoms with Crippen molar-refractivity contribution in [2.45, 2.75) is 18.9 Å². The molecule has 1 rings (SSSR count). The van der Waals surface area contributed by atoms with Crippen molar-refractivity contribution in [3.05, 3.63) is 29.6 Å². The summed E-state index contributed by atoms with van der Waals surface area (Å²) in [7, 11) is 1.52. The number of anilines is 1. The van der Waals surface area contributed by atoms with Gasteiger partial charge in [0.25, 0.3) is 0 Å². The van der Waals surface area contributed by atoms with Crippen molar-refractivity contribution in [3.8, 4) is 0 Å². The zero-order valence-electron chi connectivity index (χ0n) is 10.9. The highest BCUT2D eigenvalue weighted by Gasteiger charge is 2.22. The molecule has 0 bridgehead atoms. The first-order valence-electron chi connectivity index (χ1n) is 5.84. The van der Waals surface area contributed by atoms with Gasteiger partial charge in [-0.3, -0.25) is 0 Å². The van der Waals surface area contributed by atoms with E-state index in [2.05, 4.69) is 5.32 Å². The molecule has 0 radical (unpaired) electrons. The number of aromatic carboxylic acids is 1. The van der Waals surface area contributed by atoms with Crippen LogP contribution in [0.2, 0.25) is 0 Å². The van der Waals surface area contributed by atoms with Crippen LogP contribution in [0.15, 0.2) is 18.2 Å². The summed E-state index contributed by atoms with van der Waals surface area (Å²) in [5.41, 5.74) is -1.40. The summed E-state index contributed by atoms with van der Waals surface area (Å²) in [6.45, 7) is 1.95. The highest BCUT2D eigenvalue weighted by Crippen LogP contribution is 2.21. The zero-order chi connectivity index (χ0) is 14.5. The van der Waals surface area contributed by atoms with E-state index in [9.17, 15) is 14.3 Å². The third-order valence-corrected chi connectivity index (χ3v) is 2.73. The van der Waals surface area contributed by atoms with Crippen LogP contribution in [0.4, 0.5) is 10.1 Å². The average Bonchev–Trinajstić information content (AvgIpc) is 2.34. The molecule has 1 unspecified atom stereocenters. The van der Waals surface area contributed by atoms with Gasteiger partial charge in [-0.15, -0.1) is 0 Å². The van der Waals surface area contributed by atoms with Crippen molar-refractivity contribution in [1.82, 2.24) is 0 Å². The van der Waals surface area contributed by atoms with Crippen LogP contribution in [0, 0.1) is 5.82 Å². The van der Waals surface area contributed by atoms with Gasteiger partial charge in [0.1, 0.15) is 5.82 Å².